The molecule has 1 fully saturated rings. The fraction of sp³-hybridized carbons (Fsp3) is 0.476. The number of nitrogens with two attached hydrogens (primary N) is 1. The van der Waals surface area contributed by atoms with E-state index in [1.54, 1.807) is 18.0 Å². The van der Waals surface area contributed by atoms with Gasteiger partial charge in [0.1, 0.15) is 6.54 Å². The number of hydrogen-bond donors (Lipinski definition) is 2. The monoisotopic (exact) mass is 435 g/mol. The third-order valence-electron chi connectivity index (χ3n) is 5.11. The van der Waals surface area contributed by atoms with E-state index in [0.29, 0.717) is 18.8 Å². The van der Waals surface area contributed by atoms with Crippen molar-refractivity contribution in [2.75, 3.05) is 18.4 Å². The molecule has 4 unspecified atom stereocenters. The molecule has 1 aromatic heterocycles. The third-order valence-corrected chi connectivity index (χ3v) is 5.11. The summed E-state index contributed by atoms with van der Waals surface area (Å²) < 4.78 is 7.20. The van der Waals surface area contributed by atoms with E-state index in [0.717, 1.165) is 5.56 Å². The Bertz CT molecular complexity index is 834. The molecule has 0 spiro atoms. The molecule has 0 aliphatic carbocycles. The third kappa shape index (κ3) is 6.04. The molecule has 4 atom stereocenters. The molecule has 9 heteroatoms. The quantitative estimate of drug-likeness (QED) is 0.724. The van der Waals surface area contributed by atoms with Gasteiger partial charge in [0, 0.05) is 25.3 Å². The SMILES string of the molecule is CC1CN(C(=O)Cn2cc(NC(=O)C(C)C(N)c3ccccc3)cn2)CC(C)O1.Cl. The fourth-order valence-corrected chi connectivity index (χ4v) is 3.52. The molecule has 2 amide bonds. The number of carbonyl (C=O) groups is 2. The Morgan fingerprint density at radius 3 is 2.50 bits per heavy atom. The van der Waals surface area contributed by atoms with Crippen LogP contribution in [0.4, 0.5) is 5.69 Å². The molecular formula is C21H30ClN5O3. The molecule has 2 aromatic rings. The minimum Gasteiger partial charge on any atom is -0.372 e. The number of aromatic nitrogens is 2. The molecule has 1 saturated heterocycles. The predicted octanol–water partition coefficient (Wildman–Crippen LogP) is 2.22. The maximum Gasteiger partial charge on any atom is 0.244 e. The highest BCUT2D eigenvalue weighted by molar-refractivity contribution is 5.92. The molecule has 164 valence electrons. The number of halogens is 1. The zero-order valence-electron chi connectivity index (χ0n) is 17.5. The zero-order chi connectivity index (χ0) is 21.0. The lowest BCUT2D eigenvalue weighted by atomic mass is 9.95. The van der Waals surface area contributed by atoms with E-state index < -0.39 is 12.0 Å². The van der Waals surface area contributed by atoms with Crippen molar-refractivity contribution in [3.05, 3.63) is 48.3 Å². The molecule has 2 heterocycles. The molecule has 3 rings (SSSR count). The highest BCUT2D eigenvalue weighted by Crippen LogP contribution is 2.20. The fourth-order valence-electron chi connectivity index (χ4n) is 3.52. The first kappa shape index (κ1) is 23.9. The smallest absolute Gasteiger partial charge is 0.244 e. The topological polar surface area (TPSA) is 102 Å². The Morgan fingerprint density at radius 2 is 1.87 bits per heavy atom. The van der Waals surface area contributed by atoms with Crippen LogP contribution >= 0.6 is 12.4 Å². The number of morpholine rings is 1. The lowest BCUT2D eigenvalue weighted by Crippen LogP contribution is -2.49. The van der Waals surface area contributed by atoms with Gasteiger partial charge in [0.15, 0.2) is 0 Å². The Labute approximate surface area is 183 Å². The Kier molecular flexibility index (Phi) is 8.40. The first-order valence-corrected chi connectivity index (χ1v) is 9.90. The predicted molar refractivity (Wildman–Crippen MR) is 117 cm³/mol. The largest absolute Gasteiger partial charge is 0.372 e. The zero-order valence-corrected chi connectivity index (χ0v) is 18.3. The normalized spacial score (nSPS) is 20.7. The minimum absolute atomic E-state index is 0. The lowest BCUT2D eigenvalue weighted by Gasteiger charge is -2.35. The summed E-state index contributed by atoms with van der Waals surface area (Å²) in [6.45, 7) is 6.97. The molecule has 0 radical (unpaired) electrons. The van der Waals surface area contributed by atoms with Crippen molar-refractivity contribution in [1.29, 1.82) is 0 Å². The van der Waals surface area contributed by atoms with Gasteiger partial charge in [0.25, 0.3) is 0 Å². The number of amides is 2. The van der Waals surface area contributed by atoms with Crippen LogP contribution < -0.4 is 11.1 Å². The second-order valence-corrected chi connectivity index (χ2v) is 7.70. The van der Waals surface area contributed by atoms with Crippen molar-refractivity contribution in [2.45, 2.75) is 45.6 Å². The van der Waals surface area contributed by atoms with Crippen molar-refractivity contribution >= 4 is 29.9 Å². The first-order valence-electron chi connectivity index (χ1n) is 9.90. The van der Waals surface area contributed by atoms with E-state index in [9.17, 15) is 9.59 Å². The van der Waals surface area contributed by atoms with Gasteiger partial charge in [0.2, 0.25) is 11.8 Å². The number of nitrogens with zero attached hydrogens (tertiary/aromatic N) is 3. The summed E-state index contributed by atoms with van der Waals surface area (Å²) in [5.74, 6) is -0.630. The lowest BCUT2D eigenvalue weighted by molar-refractivity contribution is -0.144. The van der Waals surface area contributed by atoms with E-state index in [-0.39, 0.29) is 43.0 Å². The van der Waals surface area contributed by atoms with Crippen LogP contribution in [0.15, 0.2) is 42.7 Å². The second-order valence-electron chi connectivity index (χ2n) is 7.70. The van der Waals surface area contributed by atoms with Crippen molar-refractivity contribution in [1.82, 2.24) is 14.7 Å². The molecule has 0 bridgehead atoms. The molecular weight excluding hydrogens is 406 g/mol. The average molecular weight is 436 g/mol. The van der Waals surface area contributed by atoms with Crippen LogP contribution in [0.5, 0.6) is 0 Å². The van der Waals surface area contributed by atoms with Gasteiger partial charge in [0.05, 0.1) is 30.0 Å². The summed E-state index contributed by atoms with van der Waals surface area (Å²) in [6, 6.07) is 9.12. The second kappa shape index (κ2) is 10.6. The Balaban J connectivity index is 0.00000320. The van der Waals surface area contributed by atoms with Crippen LogP contribution in [0.25, 0.3) is 0 Å². The van der Waals surface area contributed by atoms with E-state index in [1.807, 2.05) is 44.2 Å². The van der Waals surface area contributed by atoms with Gasteiger partial charge < -0.3 is 20.7 Å². The van der Waals surface area contributed by atoms with Crippen molar-refractivity contribution in [2.24, 2.45) is 11.7 Å². The molecule has 1 aliphatic rings. The van der Waals surface area contributed by atoms with E-state index >= 15 is 0 Å². The number of rotatable bonds is 6. The molecule has 3 N–H and O–H groups in total. The first-order chi connectivity index (χ1) is 13.8. The maximum absolute atomic E-state index is 12.6. The summed E-state index contributed by atoms with van der Waals surface area (Å²) in [5, 5.41) is 7.03. The molecule has 30 heavy (non-hydrogen) atoms. The summed E-state index contributed by atoms with van der Waals surface area (Å²) in [7, 11) is 0. The van der Waals surface area contributed by atoms with Gasteiger partial charge in [-0.05, 0) is 19.4 Å². The van der Waals surface area contributed by atoms with Crippen LogP contribution in [0.2, 0.25) is 0 Å². The number of hydrogen-bond acceptors (Lipinski definition) is 5. The van der Waals surface area contributed by atoms with Crippen LogP contribution in [-0.2, 0) is 20.9 Å². The summed E-state index contributed by atoms with van der Waals surface area (Å²) in [4.78, 5) is 26.9. The van der Waals surface area contributed by atoms with Crippen molar-refractivity contribution in [3.8, 4) is 0 Å². The number of carbonyl (C=O) groups excluding carboxylic acids is 2. The standard InChI is InChI=1S/C21H29N5O3.ClH/c1-14-10-25(11-15(2)29-14)19(27)13-26-12-18(9-23-26)24-21(28)16(3)20(22)17-7-5-4-6-8-17;/h4-9,12,14-16,20H,10-11,13,22H2,1-3H3,(H,24,28);1H. The molecule has 1 aliphatic heterocycles. The number of benzene rings is 1. The molecule has 8 nitrogen and oxygen atoms in total. The van der Waals surface area contributed by atoms with Gasteiger partial charge in [-0.15, -0.1) is 12.4 Å². The van der Waals surface area contributed by atoms with Crippen LogP contribution in [0.3, 0.4) is 0 Å². The Morgan fingerprint density at radius 1 is 1.23 bits per heavy atom. The van der Waals surface area contributed by atoms with Gasteiger partial charge in [-0.2, -0.15) is 5.10 Å². The number of anilines is 1. The van der Waals surface area contributed by atoms with Crippen molar-refractivity contribution in [3.63, 3.8) is 0 Å². The van der Waals surface area contributed by atoms with Crippen molar-refractivity contribution < 1.29 is 14.3 Å². The minimum atomic E-state index is -0.418. The number of nitrogens with one attached hydrogen (secondary N) is 1. The van der Waals surface area contributed by atoms with Gasteiger partial charge in [-0.1, -0.05) is 37.3 Å². The van der Waals surface area contributed by atoms with E-state index in [4.69, 9.17) is 10.5 Å². The van der Waals surface area contributed by atoms with Crippen LogP contribution in [-0.4, -0.2) is 51.8 Å². The summed E-state index contributed by atoms with van der Waals surface area (Å²) in [5.41, 5.74) is 7.68. The molecule has 0 saturated carbocycles. The van der Waals surface area contributed by atoms with Crippen LogP contribution in [0.1, 0.15) is 32.4 Å². The highest BCUT2D eigenvalue weighted by Gasteiger charge is 2.26. The van der Waals surface area contributed by atoms with E-state index in [2.05, 4.69) is 10.4 Å². The van der Waals surface area contributed by atoms with Gasteiger partial charge >= 0.3 is 0 Å². The average Bonchev–Trinajstić information content (AvgIpc) is 3.13. The van der Waals surface area contributed by atoms with Gasteiger partial charge in [-0.3, -0.25) is 14.3 Å². The number of ether oxygens (including phenoxy) is 1. The van der Waals surface area contributed by atoms with Gasteiger partial charge in [-0.25, -0.2) is 0 Å². The maximum atomic E-state index is 12.6. The molecule has 1 aromatic carbocycles. The highest BCUT2D eigenvalue weighted by atomic mass is 35.5. The Hall–Kier alpha value is -2.42. The summed E-state index contributed by atoms with van der Waals surface area (Å²) in [6.07, 6.45) is 3.23. The van der Waals surface area contributed by atoms with E-state index in [1.165, 1.54) is 10.9 Å². The summed E-state index contributed by atoms with van der Waals surface area (Å²) >= 11 is 0. The van der Waals surface area contributed by atoms with Crippen LogP contribution in [0, 0.1) is 5.92 Å².